The first-order chi connectivity index (χ1) is 8.95. The Hall–Kier alpha value is -1.58. The summed E-state index contributed by atoms with van der Waals surface area (Å²) in [5, 5.41) is 17.3. The van der Waals surface area contributed by atoms with Gasteiger partial charge in [-0.25, -0.2) is 9.59 Å². The molecular formula is C15H24O4. The fourth-order valence-electron chi connectivity index (χ4n) is 1.63. The maximum atomic E-state index is 10.5. The molecule has 0 unspecified atom stereocenters. The van der Waals surface area contributed by atoms with Crippen LogP contribution in [-0.2, 0) is 9.59 Å². The van der Waals surface area contributed by atoms with Crippen LogP contribution in [0.15, 0.2) is 23.3 Å². The molecule has 0 rings (SSSR count). The summed E-state index contributed by atoms with van der Waals surface area (Å²) in [4.78, 5) is 21.0. The van der Waals surface area contributed by atoms with Crippen molar-refractivity contribution in [2.45, 2.75) is 58.8 Å². The van der Waals surface area contributed by atoms with Gasteiger partial charge in [0.25, 0.3) is 0 Å². The molecule has 0 heterocycles. The van der Waals surface area contributed by atoms with E-state index in [1.54, 1.807) is 26.0 Å². The molecule has 0 aromatic heterocycles. The van der Waals surface area contributed by atoms with Gasteiger partial charge in [0.2, 0.25) is 0 Å². The summed E-state index contributed by atoms with van der Waals surface area (Å²) in [5.74, 6) is -1.69. The number of carboxylic acid groups (broad SMARTS) is 2. The Kier molecular flexibility index (Phi) is 9.49. The summed E-state index contributed by atoms with van der Waals surface area (Å²) in [7, 11) is 0. The van der Waals surface area contributed by atoms with Gasteiger partial charge in [-0.2, -0.15) is 0 Å². The van der Waals surface area contributed by atoms with E-state index < -0.39 is 11.9 Å². The zero-order chi connectivity index (χ0) is 14.7. The number of unbranched alkanes of at least 4 members (excludes halogenated alkanes) is 6. The normalized spacial score (nSPS) is 12.5. The molecule has 0 amide bonds. The molecule has 0 aliphatic carbocycles. The molecule has 0 atom stereocenters. The molecule has 0 radical (unpaired) electrons. The van der Waals surface area contributed by atoms with Gasteiger partial charge >= 0.3 is 11.9 Å². The number of allylic oxidation sites excluding steroid dienone is 2. The number of carboxylic acids is 2. The Morgan fingerprint density at radius 2 is 1.05 bits per heavy atom. The van der Waals surface area contributed by atoms with Crippen LogP contribution in [0.3, 0.4) is 0 Å². The Morgan fingerprint density at radius 3 is 1.37 bits per heavy atom. The zero-order valence-corrected chi connectivity index (χ0v) is 11.8. The summed E-state index contributed by atoms with van der Waals surface area (Å²) in [6, 6.07) is 0. The third-order valence-electron chi connectivity index (χ3n) is 2.98. The molecule has 0 saturated heterocycles. The lowest BCUT2D eigenvalue weighted by atomic mass is 10.1. The minimum Gasteiger partial charge on any atom is -0.478 e. The van der Waals surface area contributed by atoms with Crippen LogP contribution in [0.1, 0.15) is 58.8 Å². The molecule has 19 heavy (non-hydrogen) atoms. The first-order valence-corrected chi connectivity index (χ1v) is 6.75. The molecular weight excluding hydrogens is 244 g/mol. The van der Waals surface area contributed by atoms with E-state index in [0.717, 1.165) is 44.9 Å². The molecule has 2 N–H and O–H groups in total. The second-order valence-corrected chi connectivity index (χ2v) is 4.73. The van der Waals surface area contributed by atoms with Crippen LogP contribution in [0.5, 0.6) is 0 Å². The second kappa shape index (κ2) is 10.4. The van der Waals surface area contributed by atoms with Crippen LogP contribution >= 0.6 is 0 Å². The minimum absolute atomic E-state index is 0.411. The Labute approximate surface area is 114 Å². The predicted octanol–water partition coefficient (Wildman–Crippen LogP) is 3.78. The van der Waals surface area contributed by atoms with E-state index in [2.05, 4.69) is 0 Å². The minimum atomic E-state index is -0.847. The molecule has 0 aliphatic rings. The van der Waals surface area contributed by atoms with Gasteiger partial charge in [0.15, 0.2) is 0 Å². The summed E-state index contributed by atoms with van der Waals surface area (Å²) in [5.41, 5.74) is 0.823. The van der Waals surface area contributed by atoms with E-state index in [-0.39, 0.29) is 0 Å². The highest BCUT2D eigenvalue weighted by Gasteiger charge is 1.99. The topological polar surface area (TPSA) is 74.6 Å². The van der Waals surface area contributed by atoms with E-state index in [1.807, 2.05) is 0 Å². The molecule has 0 spiro atoms. The first kappa shape index (κ1) is 17.4. The lowest BCUT2D eigenvalue weighted by molar-refractivity contribution is -0.133. The van der Waals surface area contributed by atoms with Gasteiger partial charge in [-0.15, -0.1) is 0 Å². The maximum absolute atomic E-state index is 10.5. The van der Waals surface area contributed by atoms with E-state index >= 15 is 0 Å². The summed E-state index contributed by atoms with van der Waals surface area (Å²) in [6.07, 6.45) is 10.5. The van der Waals surface area contributed by atoms with Crippen molar-refractivity contribution in [3.63, 3.8) is 0 Å². The molecule has 0 aliphatic heterocycles. The van der Waals surface area contributed by atoms with Gasteiger partial charge in [-0.3, -0.25) is 0 Å². The van der Waals surface area contributed by atoms with Crippen LogP contribution in [-0.4, -0.2) is 22.2 Å². The van der Waals surface area contributed by atoms with Crippen molar-refractivity contribution in [3.05, 3.63) is 23.3 Å². The maximum Gasteiger partial charge on any atom is 0.330 e. The van der Waals surface area contributed by atoms with Gasteiger partial charge < -0.3 is 10.2 Å². The Morgan fingerprint density at radius 1 is 0.737 bits per heavy atom. The fourth-order valence-corrected chi connectivity index (χ4v) is 1.63. The zero-order valence-electron chi connectivity index (χ0n) is 11.8. The average Bonchev–Trinajstić information content (AvgIpc) is 2.35. The average molecular weight is 268 g/mol. The fraction of sp³-hybridized carbons (Fsp3) is 0.600. The number of hydrogen-bond donors (Lipinski definition) is 2. The Bertz CT molecular complexity index is 319. The van der Waals surface area contributed by atoms with Crippen molar-refractivity contribution in [1.29, 1.82) is 0 Å². The van der Waals surface area contributed by atoms with Crippen molar-refractivity contribution < 1.29 is 19.8 Å². The van der Waals surface area contributed by atoms with Crippen LogP contribution in [0.4, 0.5) is 0 Å². The molecule has 4 heteroatoms. The largest absolute Gasteiger partial charge is 0.478 e. The summed E-state index contributed by atoms with van der Waals surface area (Å²) in [6.45, 7) is 3.22. The SMILES string of the molecule is CC(=CCCCCCCCC=C(C)C(=O)O)C(=O)O. The van der Waals surface area contributed by atoms with Gasteiger partial charge in [0, 0.05) is 11.1 Å². The quantitative estimate of drug-likeness (QED) is 0.467. The number of rotatable bonds is 10. The van der Waals surface area contributed by atoms with E-state index in [0.29, 0.717) is 11.1 Å². The molecule has 108 valence electrons. The lowest BCUT2D eigenvalue weighted by Gasteiger charge is -1.99. The van der Waals surface area contributed by atoms with Gasteiger partial charge in [0.05, 0.1) is 0 Å². The third kappa shape index (κ3) is 10.1. The molecule has 4 nitrogen and oxygen atoms in total. The highest BCUT2D eigenvalue weighted by molar-refractivity contribution is 5.86. The summed E-state index contributed by atoms with van der Waals surface area (Å²) < 4.78 is 0. The van der Waals surface area contributed by atoms with Gasteiger partial charge in [0.1, 0.15) is 0 Å². The van der Waals surface area contributed by atoms with Crippen LogP contribution in [0.2, 0.25) is 0 Å². The number of hydrogen-bond acceptors (Lipinski definition) is 2. The van der Waals surface area contributed by atoms with Crippen LogP contribution in [0, 0.1) is 0 Å². The second-order valence-electron chi connectivity index (χ2n) is 4.73. The molecule has 0 bridgehead atoms. The smallest absolute Gasteiger partial charge is 0.330 e. The van der Waals surface area contributed by atoms with Crippen LogP contribution in [0.25, 0.3) is 0 Å². The summed E-state index contributed by atoms with van der Waals surface area (Å²) >= 11 is 0. The number of aliphatic carboxylic acids is 2. The molecule has 0 aromatic carbocycles. The van der Waals surface area contributed by atoms with Crippen molar-refractivity contribution in [1.82, 2.24) is 0 Å². The van der Waals surface area contributed by atoms with Gasteiger partial charge in [-0.1, -0.05) is 31.4 Å². The Balaban J connectivity index is 3.47. The number of carbonyl (C=O) groups is 2. The van der Waals surface area contributed by atoms with E-state index in [9.17, 15) is 9.59 Å². The first-order valence-electron chi connectivity index (χ1n) is 6.75. The van der Waals surface area contributed by atoms with Crippen molar-refractivity contribution in [2.75, 3.05) is 0 Å². The molecule has 0 saturated carbocycles. The van der Waals surface area contributed by atoms with Crippen LogP contribution < -0.4 is 0 Å². The van der Waals surface area contributed by atoms with E-state index in [1.165, 1.54) is 0 Å². The standard InChI is InChI=1S/C15H24O4/c1-12(14(16)17)10-8-6-4-3-5-7-9-11-13(2)15(18)19/h10-11H,3-9H2,1-2H3,(H,16,17)(H,18,19). The molecule has 0 aromatic rings. The monoisotopic (exact) mass is 268 g/mol. The van der Waals surface area contributed by atoms with E-state index in [4.69, 9.17) is 10.2 Å². The predicted molar refractivity (Wildman–Crippen MR) is 75.1 cm³/mol. The van der Waals surface area contributed by atoms with Crippen molar-refractivity contribution >= 4 is 11.9 Å². The third-order valence-corrected chi connectivity index (χ3v) is 2.98. The lowest BCUT2D eigenvalue weighted by Crippen LogP contribution is -1.95. The van der Waals surface area contributed by atoms with Crippen molar-refractivity contribution in [2.24, 2.45) is 0 Å². The molecule has 0 fully saturated rings. The highest BCUT2D eigenvalue weighted by atomic mass is 16.4. The van der Waals surface area contributed by atoms with Gasteiger partial charge in [-0.05, 0) is 39.5 Å². The van der Waals surface area contributed by atoms with Crippen molar-refractivity contribution in [3.8, 4) is 0 Å². The highest BCUT2D eigenvalue weighted by Crippen LogP contribution is 2.10.